The van der Waals surface area contributed by atoms with Crippen LogP contribution in [0.5, 0.6) is 11.5 Å². The zero-order chi connectivity index (χ0) is 18.8. The van der Waals surface area contributed by atoms with E-state index >= 15 is 0 Å². The molecule has 0 radical (unpaired) electrons. The quantitative estimate of drug-likeness (QED) is 0.423. The smallest absolute Gasteiger partial charge is 0.191 e. The Kier molecular flexibility index (Phi) is 8.54. The molecule has 26 heavy (non-hydrogen) atoms. The van der Waals surface area contributed by atoms with Gasteiger partial charge in [0.25, 0.3) is 0 Å². The summed E-state index contributed by atoms with van der Waals surface area (Å²) in [4.78, 5) is 6.87. The molecule has 0 atom stereocenters. The lowest BCUT2D eigenvalue weighted by Gasteiger charge is -2.35. The van der Waals surface area contributed by atoms with Gasteiger partial charge in [-0.2, -0.15) is 0 Å². The number of ether oxygens (including phenoxy) is 2. The first-order valence-electron chi connectivity index (χ1n) is 9.60. The minimum atomic E-state index is 0.506. The summed E-state index contributed by atoms with van der Waals surface area (Å²) in [5, 5.41) is 6.92. The molecule has 2 rings (SSSR count). The highest BCUT2D eigenvalue weighted by molar-refractivity contribution is 5.79. The number of nitrogens with one attached hydrogen (secondary N) is 2. The molecule has 0 unspecified atom stereocenters. The van der Waals surface area contributed by atoms with Crippen LogP contribution in [0.2, 0.25) is 0 Å². The minimum absolute atomic E-state index is 0.506. The van der Waals surface area contributed by atoms with Gasteiger partial charge >= 0.3 is 0 Å². The van der Waals surface area contributed by atoms with Crippen LogP contribution in [0.4, 0.5) is 0 Å². The molecule has 1 aliphatic heterocycles. The van der Waals surface area contributed by atoms with Crippen molar-refractivity contribution in [3.05, 3.63) is 24.3 Å². The SMILES string of the molecule is CN=C(NCCCOc1ccc(OC)cc1)NC1CCN(C(C)C)CC1. The lowest BCUT2D eigenvalue weighted by molar-refractivity contribution is 0.167. The van der Waals surface area contributed by atoms with Crippen molar-refractivity contribution in [2.45, 2.75) is 45.2 Å². The molecule has 0 aliphatic carbocycles. The Morgan fingerprint density at radius 2 is 1.85 bits per heavy atom. The predicted molar refractivity (Wildman–Crippen MR) is 107 cm³/mol. The largest absolute Gasteiger partial charge is 0.497 e. The molecule has 6 heteroatoms. The molecule has 0 amide bonds. The van der Waals surface area contributed by atoms with Crippen LogP contribution < -0.4 is 20.1 Å². The third-order valence-corrected chi connectivity index (χ3v) is 4.77. The lowest BCUT2D eigenvalue weighted by atomic mass is 10.0. The van der Waals surface area contributed by atoms with Crippen LogP contribution in [-0.4, -0.2) is 63.3 Å². The van der Waals surface area contributed by atoms with E-state index < -0.39 is 0 Å². The average Bonchev–Trinajstić information content (AvgIpc) is 2.67. The number of guanidine groups is 1. The van der Waals surface area contributed by atoms with E-state index in [0.29, 0.717) is 18.7 Å². The van der Waals surface area contributed by atoms with Crippen molar-refractivity contribution < 1.29 is 9.47 Å². The molecule has 2 N–H and O–H groups in total. The fourth-order valence-corrected chi connectivity index (χ4v) is 3.09. The van der Waals surface area contributed by atoms with Gasteiger partial charge in [0.05, 0.1) is 13.7 Å². The molecular formula is C20H34N4O2. The second kappa shape index (κ2) is 10.9. The number of hydrogen-bond acceptors (Lipinski definition) is 4. The van der Waals surface area contributed by atoms with Crippen LogP contribution in [0.25, 0.3) is 0 Å². The zero-order valence-corrected chi connectivity index (χ0v) is 16.6. The van der Waals surface area contributed by atoms with Crippen LogP contribution in [0.1, 0.15) is 33.1 Å². The summed E-state index contributed by atoms with van der Waals surface area (Å²) in [6.07, 6.45) is 3.25. The summed E-state index contributed by atoms with van der Waals surface area (Å²) in [7, 11) is 3.49. The summed E-state index contributed by atoms with van der Waals surface area (Å²) >= 11 is 0. The second-order valence-corrected chi connectivity index (χ2v) is 6.92. The number of aliphatic imine (C=N–C) groups is 1. The predicted octanol–water partition coefficient (Wildman–Crippen LogP) is 2.50. The van der Waals surface area contributed by atoms with E-state index in [4.69, 9.17) is 9.47 Å². The number of benzene rings is 1. The van der Waals surface area contributed by atoms with Gasteiger partial charge in [0.2, 0.25) is 0 Å². The van der Waals surface area contributed by atoms with E-state index in [1.54, 1.807) is 7.11 Å². The molecular weight excluding hydrogens is 328 g/mol. The van der Waals surface area contributed by atoms with Crippen LogP contribution in [0, 0.1) is 0 Å². The zero-order valence-electron chi connectivity index (χ0n) is 16.6. The highest BCUT2D eigenvalue weighted by atomic mass is 16.5. The van der Waals surface area contributed by atoms with Gasteiger partial charge < -0.3 is 25.0 Å². The van der Waals surface area contributed by atoms with E-state index in [9.17, 15) is 0 Å². The van der Waals surface area contributed by atoms with Gasteiger partial charge in [-0.1, -0.05) is 0 Å². The number of rotatable bonds is 8. The van der Waals surface area contributed by atoms with Crippen LogP contribution in [0.3, 0.4) is 0 Å². The van der Waals surface area contributed by atoms with Crippen molar-refractivity contribution in [1.82, 2.24) is 15.5 Å². The van der Waals surface area contributed by atoms with Gasteiger partial charge in [-0.15, -0.1) is 0 Å². The fourth-order valence-electron chi connectivity index (χ4n) is 3.09. The van der Waals surface area contributed by atoms with Gasteiger partial charge in [0.1, 0.15) is 11.5 Å². The first kappa shape index (κ1) is 20.4. The molecule has 1 heterocycles. The van der Waals surface area contributed by atoms with Gasteiger partial charge in [-0.05, 0) is 57.4 Å². The van der Waals surface area contributed by atoms with E-state index in [1.165, 1.54) is 12.8 Å². The molecule has 0 aromatic heterocycles. The van der Waals surface area contributed by atoms with Crippen molar-refractivity contribution in [3.63, 3.8) is 0 Å². The maximum absolute atomic E-state index is 5.74. The molecule has 146 valence electrons. The summed E-state index contributed by atoms with van der Waals surface area (Å²) in [6, 6.07) is 8.81. The first-order chi connectivity index (χ1) is 12.6. The summed E-state index contributed by atoms with van der Waals surface area (Å²) in [5.74, 6) is 2.59. The average molecular weight is 363 g/mol. The van der Waals surface area contributed by atoms with Crippen LogP contribution in [-0.2, 0) is 0 Å². The second-order valence-electron chi connectivity index (χ2n) is 6.92. The fraction of sp³-hybridized carbons (Fsp3) is 0.650. The third kappa shape index (κ3) is 6.75. The van der Waals surface area contributed by atoms with Crippen molar-refractivity contribution in [1.29, 1.82) is 0 Å². The Hall–Kier alpha value is -1.95. The highest BCUT2D eigenvalue weighted by Gasteiger charge is 2.21. The van der Waals surface area contributed by atoms with E-state index in [1.807, 2.05) is 31.3 Å². The van der Waals surface area contributed by atoms with E-state index in [0.717, 1.165) is 43.5 Å². The lowest BCUT2D eigenvalue weighted by Crippen LogP contribution is -2.50. The van der Waals surface area contributed by atoms with Gasteiger partial charge in [0.15, 0.2) is 5.96 Å². The number of likely N-dealkylation sites (tertiary alicyclic amines) is 1. The van der Waals surface area contributed by atoms with Crippen molar-refractivity contribution in [3.8, 4) is 11.5 Å². The van der Waals surface area contributed by atoms with Crippen molar-refractivity contribution in [2.24, 2.45) is 4.99 Å². The Bertz CT molecular complexity index is 537. The van der Waals surface area contributed by atoms with E-state index in [-0.39, 0.29) is 0 Å². The molecule has 0 spiro atoms. The van der Waals surface area contributed by atoms with Crippen LogP contribution in [0.15, 0.2) is 29.3 Å². The topological polar surface area (TPSA) is 58.1 Å². The molecule has 0 saturated carbocycles. The Morgan fingerprint density at radius 3 is 2.42 bits per heavy atom. The third-order valence-electron chi connectivity index (χ3n) is 4.77. The normalized spacial score (nSPS) is 16.6. The Morgan fingerprint density at radius 1 is 1.19 bits per heavy atom. The molecule has 1 aromatic carbocycles. The molecule has 1 aliphatic rings. The maximum Gasteiger partial charge on any atom is 0.191 e. The molecule has 1 aromatic rings. The maximum atomic E-state index is 5.74. The number of nitrogens with zero attached hydrogens (tertiary/aromatic N) is 2. The standard InChI is InChI=1S/C20H34N4O2/c1-16(2)24-13-10-17(11-14-24)23-20(21-3)22-12-5-15-26-19-8-6-18(25-4)7-9-19/h6-9,16-17H,5,10-15H2,1-4H3,(H2,21,22,23). The Balaban J connectivity index is 1.60. The monoisotopic (exact) mass is 362 g/mol. The summed E-state index contributed by atoms with van der Waals surface area (Å²) in [6.45, 7) is 8.35. The molecule has 1 fully saturated rings. The highest BCUT2D eigenvalue weighted by Crippen LogP contribution is 2.17. The van der Waals surface area contributed by atoms with Gasteiger partial charge in [-0.3, -0.25) is 4.99 Å². The van der Waals surface area contributed by atoms with Gasteiger partial charge in [0, 0.05) is 38.8 Å². The first-order valence-corrected chi connectivity index (χ1v) is 9.60. The van der Waals surface area contributed by atoms with Crippen molar-refractivity contribution in [2.75, 3.05) is 40.4 Å². The molecule has 0 bridgehead atoms. The van der Waals surface area contributed by atoms with Crippen LogP contribution >= 0.6 is 0 Å². The van der Waals surface area contributed by atoms with Crippen molar-refractivity contribution >= 4 is 5.96 Å². The minimum Gasteiger partial charge on any atom is -0.497 e. The number of piperidine rings is 1. The molecule has 6 nitrogen and oxygen atoms in total. The summed E-state index contributed by atoms with van der Waals surface area (Å²) < 4.78 is 10.9. The van der Waals surface area contributed by atoms with E-state index in [2.05, 4.69) is 34.4 Å². The number of hydrogen-bond donors (Lipinski definition) is 2. The molecule has 1 saturated heterocycles. The summed E-state index contributed by atoms with van der Waals surface area (Å²) in [5.41, 5.74) is 0. The Labute approximate surface area is 158 Å². The van der Waals surface area contributed by atoms with Gasteiger partial charge in [-0.25, -0.2) is 0 Å². The number of methoxy groups -OCH3 is 1.